The summed E-state index contributed by atoms with van der Waals surface area (Å²) in [5, 5.41) is 5.08. The lowest BCUT2D eigenvalue weighted by atomic mass is 9.99. The van der Waals surface area contributed by atoms with E-state index in [4.69, 9.17) is 4.74 Å². The molecule has 0 saturated carbocycles. The first-order valence-electron chi connectivity index (χ1n) is 9.85. The summed E-state index contributed by atoms with van der Waals surface area (Å²) in [5.41, 5.74) is 3.68. The van der Waals surface area contributed by atoms with Gasteiger partial charge in [-0.05, 0) is 37.5 Å². The highest BCUT2D eigenvalue weighted by Crippen LogP contribution is 2.33. The van der Waals surface area contributed by atoms with Crippen molar-refractivity contribution in [1.29, 1.82) is 0 Å². The van der Waals surface area contributed by atoms with Crippen LogP contribution in [-0.2, 0) is 11.8 Å². The zero-order chi connectivity index (χ0) is 21.3. The van der Waals surface area contributed by atoms with E-state index in [9.17, 15) is 13.6 Å². The molecule has 4 rings (SSSR count). The van der Waals surface area contributed by atoms with Crippen molar-refractivity contribution in [3.8, 4) is 0 Å². The Kier molecular flexibility index (Phi) is 5.48. The number of esters is 1. The molecule has 1 aliphatic heterocycles. The van der Waals surface area contributed by atoms with Crippen molar-refractivity contribution < 1.29 is 18.3 Å². The number of carbonyl (C=O) groups is 1. The van der Waals surface area contributed by atoms with Gasteiger partial charge in [0.1, 0.15) is 5.56 Å². The highest BCUT2D eigenvalue weighted by atomic mass is 19.2. The van der Waals surface area contributed by atoms with Crippen molar-refractivity contribution in [2.24, 2.45) is 7.05 Å². The van der Waals surface area contributed by atoms with Crippen LogP contribution in [-0.4, -0.2) is 40.4 Å². The lowest BCUT2D eigenvalue weighted by Crippen LogP contribution is -2.32. The SMILES string of the molecule is CCOC(=O)c1cnc2c(cnn2C)c1N1CCC(=Cc2ccc(F)c(F)c2)CC1. The van der Waals surface area contributed by atoms with Crippen LogP contribution in [0.4, 0.5) is 14.5 Å². The summed E-state index contributed by atoms with van der Waals surface area (Å²) in [4.78, 5) is 19.1. The number of nitrogens with zero attached hydrogens (tertiary/aromatic N) is 4. The van der Waals surface area contributed by atoms with Crippen molar-refractivity contribution in [2.45, 2.75) is 19.8 Å². The van der Waals surface area contributed by atoms with E-state index in [1.807, 2.05) is 13.1 Å². The van der Waals surface area contributed by atoms with Crippen molar-refractivity contribution in [3.05, 3.63) is 58.9 Å². The van der Waals surface area contributed by atoms with Gasteiger partial charge in [0.25, 0.3) is 0 Å². The van der Waals surface area contributed by atoms with Gasteiger partial charge in [-0.3, -0.25) is 4.68 Å². The monoisotopic (exact) mass is 412 g/mol. The van der Waals surface area contributed by atoms with E-state index in [1.165, 1.54) is 6.07 Å². The number of hydrogen-bond donors (Lipinski definition) is 0. The van der Waals surface area contributed by atoms with Crippen molar-refractivity contribution >= 4 is 28.8 Å². The molecule has 8 heteroatoms. The summed E-state index contributed by atoms with van der Waals surface area (Å²) in [5.74, 6) is -2.11. The van der Waals surface area contributed by atoms with Gasteiger partial charge in [0.05, 0.1) is 23.9 Å². The smallest absolute Gasteiger partial charge is 0.341 e. The van der Waals surface area contributed by atoms with Gasteiger partial charge in [-0.2, -0.15) is 5.10 Å². The van der Waals surface area contributed by atoms with Crippen LogP contribution in [0.3, 0.4) is 0 Å². The standard InChI is InChI=1S/C22H22F2N4O2/c1-3-30-22(29)17-12-25-21-16(13-26-27(21)2)20(17)28-8-6-14(7-9-28)10-15-4-5-18(23)19(24)11-15/h4-5,10-13H,3,6-9H2,1-2H3. The molecule has 1 aromatic carbocycles. The molecule has 0 bridgehead atoms. The molecule has 156 valence electrons. The van der Waals surface area contributed by atoms with Crippen LogP contribution in [0.2, 0.25) is 0 Å². The van der Waals surface area contributed by atoms with Gasteiger partial charge in [-0.1, -0.05) is 17.7 Å². The minimum Gasteiger partial charge on any atom is -0.462 e. The summed E-state index contributed by atoms with van der Waals surface area (Å²) < 4.78 is 33.5. The number of benzene rings is 1. The van der Waals surface area contributed by atoms with E-state index in [2.05, 4.69) is 15.0 Å². The molecular formula is C22H22F2N4O2. The fraction of sp³-hybridized carbons (Fsp3) is 0.318. The molecular weight excluding hydrogens is 390 g/mol. The summed E-state index contributed by atoms with van der Waals surface area (Å²) in [6, 6.07) is 3.91. The number of aromatic nitrogens is 3. The fourth-order valence-corrected chi connectivity index (χ4v) is 3.78. The molecule has 30 heavy (non-hydrogen) atoms. The summed E-state index contributed by atoms with van der Waals surface area (Å²) >= 11 is 0. The Morgan fingerprint density at radius 2 is 1.97 bits per heavy atom. The number of pyridine rings is 1. The number of fused-ring (bicyclic) bond motifs is 1. The van der Waals surface area contributed by atoms with E-state index >= 15 is 0 Å². The molecule has 3 heterocycles. The number of hydrogen-bond acceptors (Lipinski definition) is 5. The molecule has 1 aliphatic rings. The Morgan fingerprint density at radius 3 is 2.67 bits per heavy atom. The molecule has 0 spiro atoms. The van der Waals surface area contributed by atoms with Crippen LogP contribution >= 0.6 is 0 Å². The average Bonchev–Trinajstić information content (AvgIpc) is 3.12. The first-order valence-corrected chi connectivity index (χ1v) is 9.85. The Bertz CT molecular complexity index is 1130. The van der Waals surface area contributed by atoms with Crippen LogP contribution in [0.15, 0.2) is 36.2 Å². The van der Waals surface area contributed by atoms with E-state index in [0.717, 1.165) is 35.6 Å². The summed E-state index contributed by atoms with van der Waals surface area (Å²) in [6.45, 7) is 3.40. The van der Waals surface area contributed by atoms with E-state index in [-0.39, 0.29) is 6.61 Å². The van der Waals surface area contributed by atoms with Crippen molar-refractivity contribution in [3.63, 3.8) is 0 Å². The van der Waals surface area contributed by atoms with Crippen molar-refractivity contribution in [1.82, 2.24) is 14.8 Å². The molecule has 0 aliphatic carbocycles. The predicted molar refractivity (Wildman–Crippen MR) is 110 cm³/mol. The second-order valence-electron chi connectivity index (χ2n) is 7.21. The predicted octanol–water partition coefficient (Wildman–Crippen LogP) is 4.11. The van der Waals surface area contributed by atoms with Gasteiger partial charge in [-0.25, -0.2) is 18.6 Å². The third-order valence-electron chi connectivity index (χ3n) is 5.27. The van der Waals surface area contributed by atoms with E-state index in [0.29, 0.717) is 29.9 Å². The highest BCUT2D eigenvalue weighted by molar-refractivity contribution is 6.04. The number of carbonyl (C=O) groups excluding carboxylic acids is 1. The maximum absolute atomic E-state index is 13.5. The first kappa shape index (κ1) is 20.0. The summed E-state index contributed by atoms with van der Waals surface area (Å²) in [6.07, 6.45) is 6.64. The molecule has 1 saturated heterocycles. The quantitative estimate of drug-likeness (QED) is 0.604. The average molecular weight is 412 g/mol. The number of anilines is 1. The number of ether oxygens (including phenoxy) is 1. The number of aryl methyl sites for hydroxylation is 1. The van der Waals surface area contributed by atoms with Crippen LogP contribution in [0.5, 0.6) is 0 Å². The Morgan fingerprint density at radius 1 is 1.20 bits per heavy atom. The minimum absolute atomic E-state index is 0.282. The second kappa shape index (κ2) is 8.22. The van der Waals surface area contributed by atoms with Gasteiger partial charge >= 0.3 is 5.97 Å². The van der Waals surface area contributed by atoms with Gasteiger partial charge in [-0.15, -0.1) is 0 Å². The van der Waals surface area contributed by atoms with Crippen LogP contribution < -0.4 is 4.90 Å². The molecule has 3 aromatic rings. The van der Waals surface area contributed by atoms with Crippen LogP contribution in [0.1, 0.15) is 35.7 Å². The normalized spacial score (nSPS) is 14.3. The molecule has 2 aromatic heterocycles. The largest absolute Gasteiger partial charge is 0.462 e. The lowest BCUT2D eigenvalue weighted by molar-refractivity contribution is 0.0526. The fourth-order valence-electron chi connectivity index (χ4n) is 3.78. The van der Waals surface area contributed by atoms with Gasteiger partial charge in [0.2, 0.25) is 0 Å². The van der Waals surface area contributed by atoms with Gasteiger partial charge < -0.3 is 9.64 Å². The minimum atomic E-state index is -0.850. The zero-order valence-electron chi connectivity index (χ0n) is 16.9. The van der Waals surface area contributed by atoms with Crippen molar-refractivity contribution in [2.75, 3.05) is 24.6 Å². The molecule has 0 radical (unpaired) electrons. The number of rotatable bonds is 4. The third kappa shape index (κ3) is 3.77. The summed E-state index contributed by atoms with van der Waals surface area (Å²) in [7, 11) is 1.81. The van der Waals surface area contributed by atoms with E-state index < -0.39 is 17.6 Å². The van der Waals surface area contributed by atoms with Gasteiger partial charge in [0.15, 0.2) is 17.3 Å². The molecule has 0 unspecified atom stereocenters. The van der Waals surface area contributed by atoms with Crippen LogP contribution in [0.25, 0.3) is 17.1 Å². The van der Waals surface area contributed by atoms with E-state index in [1.54, 1.807) is 30.1 Å². The van der Waals surface area contributed by atoms with Crippen LogP contribution in [0, 0.1) is 11.6 Å². The highest BCUT2D eigenvalue weighted by Gasteiger charge is 2.25. The number of halogens is 2. The zero-order valence-corrected chi connectivity index (χ0v) is 16.9. The molecule has 6 nitrogen and oxygen atoms in total. The molecule has 1 fully saturated rings. The molecule has 0 amide bonds. The maximum Gasteiger partial charge on any atom is 0.341 e. The molecule has 0 N–H and O–H groups in total. The Hall–Kier alpha value is -3.29. The Labute approximate surface area is 172 Å². The number of piperidine rings is 1. The Balaban J connectivity index is 1.62. The topological polar surface area (TPSA) is 60.2 Å². The second-order valence-corrected chi connectivity index (χ2v) is 7.21. The first-order chi connectivity index (χ1) is 14.5. The maximum atomic E-state index is 13.5. The lowest BCUT2D eigenvalue weighted by Gasteiger charge is -2.32. The van der Waals surface area contributed by atoms with Gasteiger partial charge in [0, 0.05) is 26.3 Å². The third-order valence-corrected chi connectivity index (χ3v) is 5.27. The molecule has 0 atom stereocenters.